The number of hydrogen-bond donors (Lipinski definition) is 2. The SMILES string of the molecule is CC(Nc1cccc(F)c1)(C(=O)O)c1ccccc1Cl. The zero-order chi connectivity index (χ0) is 14.8. The van der Waals surface area contributed by atoms with Gasteiger partial charge in [0.05, 0.1) is 0 Å². The van der Waals surface area contributed by atoms with Crippen molar-refractivity contribution in [1.82, 2.24) is 0 Å². The molecule has 2 rings (SSSR count). The van der Waals surface area contributed by atoms with E-state index in [4.69, 9.17) is 11.6 Å². The molecule has 104 valence electrons. The first-order valence-electron chi connectivity index (χ1n) is 5.95. The number of halogens is 2. The van der Waals surface area contributed by atoms with Crippen LogP contribution in [0.5, 0.6) is 0 Å². The molecule has 0 aliphatic carbocycles. The third-order valence-electron chi connectivity index (χ3n) is 3.06. The Morgan fingerprint density at radius 1 is 1.25 bits per heavy atom. The number of carboxylic acid groups (broad SMARTS) is 1. The number of hydrogen-bond acceptors (Lipinski definition) is 2. The fraction of sp³-hybridized carbons (Fsp3) is 0.133. The van der Waals surface area contributed by atoms with Crippen molar-refractivity contribution < 1.29 is 14.3 Å². The Balaban J connectivity index is 2.46. The van der Waals surface area contributed by atoms with Gasteiger partial charge in [-0.25, -0.2) is 9.18 Å². The van der Waals surface area contributed by atoms with E-state index < -0.39 is 17.3 Å². The van der Waals surface area contributed by atoms with Gasteiger partial charge in [-0.3, -0.25) is 0 Å². The molecule has 2 aromatic rings. The zero-order valence-corrected chi connectivity index (χ0v) is 11.5. The van der Waals surface area contributed by atoms with Crippen molar-refractivity contribution in [3.8, 4) is 0 Å². The number of aliphatic carboxylic acids is 1. The van der Waals surface area contributed by atoms with Crippen molar-refractivity contribution in [2.75, 3.05) is 5.32 Å². The van der Waals surface area contributed by atoms with E-state index in [9.17, 15) is 14.3 Å². The van der Waals surface area contributed by atoms with Gasteiger partial charge >= 0.3 is 5.97 Å². The highest BCUT2D eigenvalue weighted by Gasteiger charge is 2.36. The van der Waals surface area contributed by atoms with E-state index in [2.05, 4.69) is 5.32 Å². The first-order chi connectivity index (χ1) is 9.43. The van der Waals surface area contributed by atoms with Crippen molar-refractivity contribution >= 4 is 23.3 Å². The highest BCUT2D eigenvalue weighted by molar-refractivity contribution is 6.31. The summed E-state index contributed by atoms with van der Waals surface area (Å²) in [7, 11) is 0. The highest BCUT2D eigenvalue weighted by atomic mass is 35.5. The third kappa shape index (κ3) is 2.75. The standard InChI is InChI=1S/C15H13ClFNO2/c1-15(14(19)20,12-7-2-3-8-13(12)16)18-11-6-4-5-10(17)9-11/h2-9,18H,1H3,(H,19,20). The predicted molar refractivity (Wildman–Crippen MR) is 76.5 cm³/mol. The van der Waals surface area contributed by atoms with Crippen LogP contribution < -0.4 is 5.32 Å². The summed E-state index contributed by atoms with van der Waals surface area (Å²) in [5, 5.41) is 12.7. The van der Waals surface area contributed by atoms with Crippen LogP contribution >= 0.6 is 11.6 Å². The van der Waals surface area contributed by atoms with Crippen molar-refractivity contribution in [1.29, 1.82) is 0 Å². The number of benzene rings is 2. The molecule has 2 N–H and O–H groups in total. The van der Waals surface area contributed by atoms with E-state index in [0.29, 0.717) is 16.3 Å². The summed E-state index contributed by atoms with van der Waals surface area (Å²) >= 11 is 6.07. The summed E-state index contributed by atoms with van der Waals surface area (Å²) in [5.74, 6) is -1.54. The lowest BCUT2D eigenvalue weighted by molar-refractivity contribution is -0.142. The van der Waals surface area contributed by atoms with Crippen molar-refractivity contribution in [2.45, 2.75) is 12.5 Å². The lowest BCUT2D eigenvalue weighted by atomic mass is 9.91. The van der Waals surface area contributed by atoms with Crippen LogP contribution in [0.3, 0.4) is 0 Å². The smallest absolute Gasteiger partial charge is 0.333 e. The van der Waals surface area contributed by atoms with Gasteiger partial charge in [-0.2, -0.15) is 0 Å². The van der Waals surface area contributed by atoms with Crippen LogP contribution in [0.1, 0.15) is 12.5 Å². The average molecular weight is 294 g/mol. The van der Waals surface area contributed by atoms with Gasteiger partial charge in [0.1, 0.15) is 5.82 Å². The van der Waals surface area contributed by atoms with E-state index >= 15 is 0 Å². The van der Waals surface area contributed by atoms with E-state index in [1.54, 1.807) is 30.3 Å². The van der Waals surface area contributed by atoms with Crippen molar-refractivity contribution in [2.24, 2.45) is 0 Å². The van der Waals surface area contributed by atoms with Crippen molar-refractivity contribution in [3.63, 3.8) is 0 Å². The van der Waals surface area contributed by atoms with Gasteiger partial charge in [-0.05, 0) is 31.2 Å². The second-order valence-electron chi connectivity index (χ2n) is 4.55. The molecule has 0 saturated heterocycles. The summed E-state index contributed by atoms with van der Waals surface area (Å²) < 4.78 is 13.2. The van der Waals surface area contributed by atoms with Gasteiger partial charge in [0, 0.05) is 16.3 Å². The predicted octanol–water partition coefficient (Wildman–Crippen LogP) is 3.89. The van der Waals surface area contributed by atoms with Crippen LogP contribution in [0.25, 0.3) is 0 Å². The van der Waals surface area contributed by atoms with Gasteiger partial charge in [0.2, 0.25) is 0 Å². The second-order valence-corrected chi connectivity index (χ2v) is 4.95. The zero-order valence-electron chi connectivity index (χ0n) is 10.7. The molecule has 0 radical (unpaired) electrons. The number of nitrogens with one attached hydrogen (secondary N) is 1. The molecule has 20 heavy (non-hydrogen) atoms. The molecule has 2 aromatic carbocycles. The van der Waals surface area contributed by atoms with E-state index in [1.807, 2.05) is 0 Å². The van der Waals surface area contributed by atoms with E-state index in [0.717, 1.165) is 0 Å². The number of carboxylic acids is 1. The maximum absolute atomic E-state index is 13.2. The molecule has 0 aliphatic rings. The number of anilines is 1. The van der Waals surface area contributed by atoms with Crippen molar-refractivity contribution in [3.05, 3.63) is 64.9 Å². The van der Waals surface area contributed by atoms with Crippen LogP contribution in [0.2, 0.25) is 5.02 Å². The maximum atomic E-state index is 13.2. The Hall–Kier alpha value is -2.07. The van der Waals surface area contributed by atoms with Gasteiger partial charge in [0.15, 0.2) is 5.54 Å². The minimum absolute atomic E-state index is 0.335. The monoisotopic (exact) mass is 293 g/mol. The van der Waals surface area contributed by atoms with Crippen LogP contribution in [0, 0.1) is 5.82 Å². The molecular weight excluding hydrogens is 281 g/mol. The van der Waals surface area contributed by atoms with Gasteiger partial charge in [-0.15, -0.1) is 0 Å². The molecule has 0 spiro atoms. The van der Waals surface area contributed by atoms with Crippen LogP contribution in [0.4, 0.5) is 10.1 Å². The Morgan fingerprint density at radius 3 is 2.55 bits per heavy atom. The molecule has 0 amide bonds. The Bertz CT molecular complexity index is 647. The summed E-state index contributed by atoms with van der Waals surface area (Å²) in [6.07, 6.45) is 0. The van der Waals surface area contributed by atoms with Crippen LogP contribution in [0.15, 0.2) is 48.5 Å². The molecule has 0 aromatic heterocycles. The van der Waals surface area contributed by atoms with Crippen LogP contribution in [-0.2, 0) is 10.3 Å². The Labute approximate surface area is 121 Å². The highest BCUT2D eigenvalue weighted by Crippen LogP contribution is 2.31. The molecule has 1 atom stereocenters. The Morgan fingerprint density at radius 2 is 1.95 bits per heavy atom. The molecular formula is C15H13ClFNO2. The molecule has 0 bridgehead atoms. The molecule has 3 nitrogen and oxygen atoms in total. The molecule has 0 heterocycles. The first-order valence-corrected chi connectivity index (χ1v) is 6.33. The normalized spacial score (nSPS) is 13.6. The minimum Gasteiger partial charge on any atom is -0.479 e. The molecule has 0 fully saturated rings. The number of carbonyl (C=O) groups is 1. The first kappa shape index (κ1) is 14.3. The van der Waals surface area contributed by atoms with Crippen LogP contribution in [-0.4, -0.2) is 11.1 Å². The lowest BCUT2D eigenvalue weighted by Crippen LogP contribution is -2.40. The average Bonchev–Trinajstić information content (AvgIpc) is 2.38. The third-order valence-corrected chi connectivity index (χ3v) is 3.39. The summed E-state index contributed by atoms with van der Waals surface area (Å²) in [4.78, 5) is 11.6. The van der Waals surface area contributed by atoms with E-state index in [-0.39, 0.29) is 0 Å². The number of rotatable bonds is 4. The lowest BCUT2D eigenvalue weighted by Gasteiger charge is -2.28. The summed E-state index contributed by atoms with van der Waals surface area (Å²) in [6, 6.07) is 12.3. The molecule has 0 saturated carbocycles. The maximum Gasteiger partial charge on any atom is 0.333 e. The quantitative estimate of drug-likeness (QED) is 0.899. The second kappa shape index (κ2) is 5.51. The molecule has 1 unspecified atom stereocenters. The Kier molecular flexibility index (Phi) is 3.95. The van der Waals surface area contributed by atoms with Gasteiger partial charge in [-0.1, -0.05) is 35.9 Å². The van der Waals surface area contributed by atoms with E-state index in [1.165, 1.54) is 25.1 Å². The van der Waals surface area contributed by atoms with Gasteiger partial charge in [0.25, 0.3) is 0 Å². The summed E-state index contributed by atoms with van der Waals surface area (Å²) in [5.41, 5.74) is -0.667. The fourth-order valence-electron chi connectivity index (χ4n) is 1.96. The minimum atomic E-state index is -1.45. The fourth-order valence-corrected chi connectivity index (χ4v) is 2.28. The summed E-state index contributed by atoms with van der Waals surface area (Å²) in [6.45, 7) is 1.49. The largest absolute Gasteiger partial charge is 0.479 e. The molecule has 5 heteroatoms. The van der Waals surface area contributed by atoms with Gasteiger partial charge < -0.3 is 10.4 Å². The molecule has 0 aliphatic heterocycles. The topological polar surface area (TPSA) is 49.3 Å².